The van der Waals surface area contributed by atoms with Crippen molar-refractivity contribution < 1.29 is 5.11 Å². The average Bonchev–Trinajstić information content (AvgIpc) is 2.58. The first kappa shape index (κ1) is 12.3. The molecule has 0 amide bonds. The van der Waals surface area contributed by atoms with Crippen molar-refractivity contribution in [2.45, 2.75) is 57.1 Å². The van der Waals surface area contributed by atoms with E-state index in [4.69, 9.17) is 0 Å². The highest BCUT2D eigenvalue weighted by atomic mass is 16.3. The second-order valence-corrected chi connectivity index (χ2v) is 5.41. The summed E-state index contributed by atoms with van der Waals surface area (Å²) in [5, 5.41) is 18.0. The van der Waals surface area contributed by atoms with E-state index in [1.165, 1.54) is 19.3 Å². The average molecular weight is 226 g/mol. The molecular formula is C13H26N2O. The van der Waals surface area contributed by atoms with Crippen LogP contribution in [0.4, 0.5) is 0 Å². The summed E-state index contributed by atoms with van der Waals surface area (Å²) in [4.78, 5) is 0. The Balaban J connectivity index is 2.07. The summed E-state index contributed by atoms with van der Waals surface area (Å²) in [5.41, 5.74) is -0.468. The van der Waals surface area contributed by atoms with E-state index >= 15 is 0 Å². The van der Waals surface area contributed by atoms with Gasteiger partial charge in [-0.15, -0.1) is 0 Å². The lowest BCUT2D eigenvalue weighted by atomic mass is 9.73. The van der Waals surface area contributed by atoms with Gasteiger partial charge in [-0.2, -0.15) is 0 Å². The molecule has 0 aromatic carbocycles. The fraction of sp³-hybridized carbons (Fsp3) is 1.00. The molecule has 3 N–H and O–H groups in total. The van der Waals surface area contributed by atoms with Gasteiger partial charge in [-0.25, -0.2) is 0 Å². The molecule has 0 aromatic heterocycles. The fourth-order valence-corrected chi connectivity index (χ4v) is 3.36. The molecule has 3 nitrogen and oxygen atoms in total. The molecule has 0 aromatic rings. The first-order chi connectivity index (χ1) is 7.77. The highest BCUT2D eigenvalue weighted by molar-refractivity contribution is 5.00. The van der Waals surface area contributed by atoms with Gasteiger partial charge in [0.2, 0.25) is 0 Å². The first-order valence-corrected chi connectivity index (χ1v) is 6.94. The van der Waals surface area contributed by atoms with E-state index in [0.717, 1.165) is 38.9 Å². The highest BCUT2D eigenvalue weighted by Crippen LogP contribution is 2.33. The van der Waals surface area contributed by atoms with E-state index in [2.05, 4.69) is 17.6 Å². The maximum Gasteiger partial charge on any atom is 0.0852 e. The zero-order chi connectivity index (χ0) is 11.4. The van der Waals surface area contributed by atoms with Crippen LogP contribution in [0.2, 0.25) is 0 Å². The summed E-state index contributed by atoms with van der Waals surface area (Å²) < 4.78 is 0. The molecule has 0 aliphatic carbocycles. The predicted octanol–water partition coefficient (Wildman–Crippen LogP) is 1.27. The molecule has 94 valence electrons. The number of hydrogen-bond donors (Lipinski definition) is 3. The van der Waals surface area contributed by atoms with E-state index in [-0.39, 0.29) is 0 Å². The van der Waals surface area contributed by atoms with Gasteiger partial charge in [-0.3, -0.25) is 0 Å². The summed E-state index contributed by atoms with van der Waals surface area (Å²) in [5.74, 6) is 0.414. The summed E-state index contributed by atoms with van der Waals surface area (Å²) in [6, 6.07) is 0.321. The van der Waals surface area contributed by atoms with Gasteiger partial charge in [-0.05, 0) is 38.8 Å². The molecule has 2 saturated heterocycles. The standard InChI is InChI=1S/C13H26N2O/c1-2-11-10-14-9-7-13(11,16)12-6-4-3-5-8-15-12/h11-12,14-16H,2-10H2,1H3. The lowest BCUT2D eigenvalue weighted by molar-refractivity contribution is -0.0727. The second-order valence-electron chi connectivity index (χ2n) is 5.41. The molecule has 2 aliphatic rings. The highest BCUT2D eigenvalue weighted by Gasteiger charge is 2.44. The zero-order valence-electron chi connectivity index (χ0n) is 10.5. The minimum Gasteiger partial charge on any atom is -0.388 e. The maximum absolute atomic E-state index is 11.0. The number of rotatable bonds is 2. The zero-order valence-corrected chi connectivity index (χ0v) is 10.5. The van der Waals surface area contributed by atoms with E-state index in [9.17, 15) is 5.11 Å². The van der Waals surface area contributed by atoms with Crippen molar-refractivity contribution in [3.05, 3.63) is 0 Å². The molecule has 2 fully saturated rings. The van der Waals surface area contributed by atoms with Crippen molar-refractivity contribution in [2.75, 3.05) is 19.6 Å². The second kappa shape index (κ2) is 5.48. The van der Waals surface area contributed by atoms with E-state index in [1.54, 1.807) is 0 Å². The van der Waals surface area contributed by atoms with Gasteiger partial charge < -0.3 is 15.7 Å². The Kier molecular flexibility index (Phi) is 4.22. The minimum absolute atomic E-state index is 0.321. The summed E-state index contributed by atoms with van der Waals surface area (Å²) in [6.07, 6.45) is 6.97. The van der Waals surface area contributed by atoms with Crippen LogP contribution >= 0.6 is 0 Å². The monoisotopic (exact) mass is 226 g/mol. The third kappa shape index (κ3) is 2.41. The van der Waals surface area contributed by atoms with Crippen molar-refractivity contribution in [2.24, 2.45) is 5.92 Å². The topological polar surface area (TPSA) is 44.3 Å². The Labute approximate surface area is 99.0 Å². The Morgan fingerprint density at radius 1 is 1.25 bits per heavy atom. The molecule has 3 atom stereocenters. The van der Waals surface area contributed by atoms with Crippen molar-refractivity contribution in [1.82, 2.24) is 10.6 Å². The number of hydrogen-bond acceptors (Lipinski definition) is 3. The molecule has 2 aliphatic heterocycles. The van der Waals surface area contributed by atoms with Crippen LogP contribution < -0.4 is 10.6 Å². The van der Waals surface area contributed by atoms with Crippen molar-refractivity contribution in [1.29, 1.82) is 0 Å². The lowest BCUT2D eigenvalue weighted by Gasteiger charge is -2.45. The van der Waals surface area contributed by atoms with Gasteiger partial charge in [0.1, 0.15) is 0 Å². The van der Waals surface area contributed by atoms with Crippen LogP contribution in [0.5, 0.6) is 0 Å². The molecule has 0 spiro atoms. The van der Waals surface area contributed by atoms with Gasteiger partial charge in [0.15, 0.2) is 0 Å². The molecule has 3 heteroatoms. The molecular weight excluding hydrogens is 200 g/mol. The van der Waals surface area contributed by atoms with Crippen LogP contribution in [0.3, 0.4) is 0 Å². The quantitative estimate of drug-likeness (QED) is 0.664. The van der Waals surface area contributed by atoms with Gasteiger partial charge in [0, 0.05) is 18.5 Å². The molecule has 2 rings (SSSR count). The predicted molar refractivity (Wildman–Crippen MR) is 66.5 cm³/mol. The van der Waals surface area contributed by atoms with Crippen molar-refractivity contribution in [3.63, 3.8) is 0 Å². The van der Waals surface area contributed by atoms with Crippen LogP contribution in [0.25, 0.3) is 0 Å². The third-order valence-electron chi connectivity index (χ3n) is 4.46. The Morgan fingerprint density at radius 3 is 2.94 bits per heavy atom. The lowest BCUT2D eigenvalue weighted by Crippen LogP contribution is -2.61. The Morgan fingerprint density at radius 2 is 2.12 bits per heavy atom. The Hall–Kier alpha value is -0.120. The van der Waals surface area contributed by atoms with E-state index < -0.39 is 5.60 Å². The van der Waals surface area contributed by atoms with E-state index in [1.807, 2.05) is 0 Å². The van der Waals surface area contributed by atoms with Crippen LogP contribution in [-0.2, 0) is 0 Å². The summed E-state index contributed by atoms with van der Waals surface area (Å²) in [6.45, 7) is 5.21. The maximum atomic E-state index is 11.0. The van der Waals surface area contributed by atoms with Gasteiger partial charge in [0.25, 0.3) is 0 Å². The van der Waals surface area contributed by atoms with Crippen LogP contribution in [0.1, 0.15) is 45.4 Å². The first-order valence-electron chi connectivity index (χ1n) is 6.94. The van der Waals surface area contributed by atoms with Crippen LogP contribution in [0, 0.1) is 5.92 Å². The number of aliphatic hydroxyl groups is 1. The minimum atomic E-state index is -0.468. The van der Waals surface area contributed by atoms with E-state index in [0.29, 0.717) is 12.0 Å². The summed E-state index contributed by atoms with van der Waals surface area (Å²) >= 11 is 0. The Bertz CT molecular complexity index is 214. The van der Waals surface area contributed by atoms with Gasteiger partial charge in [-0.1, -0.05) is 19.8 Å². The van der Waals surface area contributed by atoms with Gasteiger partial charge >= 0.3 is 0 Å². The van der Waals surface area contributed by atoms with Gasteiger partial charge in [0.05, 0.1) is 5.60 Å². The smallest absolute Gasteiger partial charge is 0.0852 e. The fourth-order valence-electron chi connectivity index (χ4n) is 3.36. The number of nitrogens with one attached hydrogen (secondary N) is 2. The molecule has 2 heterocycles. The molecule has 0 bridgehead atoms. The molecule has 3 unspecified atom stereocenters. The molecule has 0 saturated carbocycles. The van der Waals surface area contributed by atoms with Crippen molar-refractivity contribution >= 4 is 0 Å². The van der Waals surface area contributed by atoms with Crippen LogP contribution in [-0.4, -0.2) is 36.4 Å². The SMILES string of the molecule is CCC1CNCCC1(O)C1CCCCCN1. The van der Waals surface area contributed by atoms with Crippen LogP contribution in [0.15, 0.2) is 0 Å². The molecule has 16 heavy (non-hydrogen) atoms. The van der Waals surface area contributed by atoms with Crippen molar-refractivity contribution in [3.8, 4) is 0 Å². The summed E-state index contributed by atoms with van der Waals surface area (Å²) in [7, 11) is 0. The molecule has 0 radical (unpaired) electrons. The normalized spacial score (nSPS) is 41.6. The largest absolute Gasteiger partial charge is 0.388 e. The number of piperidine rings is 1. The third-order valence-corrected chi connectivity index (χ3v) is 4.46.